The monoisotopic (exact) mass is 502 g/mol. The summed E-state index contributed by atoms with van der Waals surface area (Å²) in [6.45, 7) is 9.01. The Morgan fingerprint density at radius 1 is 1.03 bits per heavy atom. The highest BCUT2D eigenvalue weighted by molar-refractivity contribution is 6.19. The first-order valence-corrected chi connectivity index (χ1v) is 12.5. The Morgan fingerprint density at radius 3 is 2.38 bits per heavy atom. The lowest BCUT2D eigenvalue weighted by atomic mass is 9.93. The van der Waals surface area contributed by atoms with E-state index in [1.54, 1.807) is 20.1 Å². The molecule has 0 fully saturated rings. The second-order valence-corrected chi connectivity index (χ2v) is 9.20. The van der Waals surface area contributed by atoms with E-state index in [4.69, 9.17) is 14.2 Å². The summed E-state index contributed by atoms with van der Waals surface area (Å²) in [5, 5.41) is 9.69. The van der Waals surface area contributed by atoms with Crippen LogP contribution >= 0.6 is 0 Å². The molecule has 0 bridgehead atoms. The number of ether oxygens (including phenoxy) is 3. The van der Waals surface area contributed by atoms with Crippen LogP contribution in [-0.2, 0) is 16.0 Å². The van der Waals surface area contributed by atoms with Gasteiger partial charge in [-0.05, 0) is 79.6 Å². The fraction of sp³-hybridized carbons (Fsp3) is 0.367. The number of hydrogen-bond acceptors (Lipinski definition) is 6. The van der Waals surface area contributed by atoms with Crippen LogP contribution in [0.2, 0.25) is 0 Å². The molecule has 2 aromatic carbocycles. The third kappa shape index (κ3) is 6.79. The van der Waals surface area contributed by atoms with Gasteiger partial charge in [-0.3, -0.25) is 14.5 Å². The van der Waals surface area contributed by atoms with Gasteiger partial charge in [0.2, 0.25) is 0 Å². The summed E-state index contributed by atoms with van der Waals surface area (Å²) >= 11 is 0. The molecule has 0 aromatic heterocycles. The lowest BCUT2D eigenvalue weighted by Crippen LogP contribution is -2.43. The molecule has 3 rings (SSSR count). The zero-order chi connectivity index (χ0) is 26.9. The molecule has 0 atom stereocenters. The van der Waals surface area contributed by atoms with Gasteiger partial charge in [0.15, 0.2) is 11.5 Å². The number of hydrogen-bond donors (Lipinski definition) is 0. The van der Waals surface area contributed by atoms with Crippen molar-refractivity contribution >= 4 is 17.9 Å². The van der Waals surface area contributed by atoms with E-state index in [2.05, 4.69) is 13.8 Å². The minimum Gasteiger partial charge on any atom is -0.497 e. The average molecular weight is 503 g/mol. The lowest BCUT2D eigenvalue weighted by Gasteiger charge is -2.27. The van der Waals surface area contributed by atoms with Crippen LogP contribution in [0.25, 0.3) is 6.08 Å². The Kier molecular flexibility index (Phi) is 9.51. The second kappa shape index (κ2) is 12.8. The SMILES string of the molecule is CCOc1cc(/C=C2/C(=O)N(CCc3ccc(OC)cc3)C(=O)C(C#N)=C2C)ccc1OCCC(C)C. The summed E-state index contributed by atoms with van der Waals surface area (Å²) in [6, 6.07) is 14.9. The molecule has 0 N–H and O–H groups in total. The molecule has 1 aliphatic heterocycles. The summed E-state index contributed by atoms with van der Waals surface area (Å²) in [4.78, 5) is 27.6. The van der Waals surface area contributed by atoms with E-state index in [1.807, 2.05) is 55.5 Å². The van der Waals surface area contributed by atoms with Crippen LogP contribution in [0.4, 0.5) is 0 Å². The highest BCUT2D eigenvalue weighted by atomic mass is 16.5. The third-order valence-electron chi connectivity index (χ3n) is 6.14. The molecule has 0 saturated heterocycles. The number of methoxy groups -OCH3 is 1. The third-order valence-corrected chi connectivity index (χ3v) is 6.14. The van der Waals surface area contributed by atoms with Crippen LogP contribution in [0, 0.1) is 17.2 Å². The van der Waals surface area contributed by atoms with Gasteiger partial charge in [0.25, 0.3) is 11.8 Å². The van der Waals surface area contributed by atoms with Gasteiger partial charge in [-0.15, -0.1) is 0 Å². The molecule has 2 aromatic rings. The maximum Gasteiger partial charge on any atom is 0.271 e. The molecular formula is C30H34N2O5. The largest absolute Gasteiger partial charge is 0.497 e. The van der Waals surface area contributed by atoms with Crippen molar-refractivity contribution in [1.82, 2.24) is 4.90 Å². The number of nitrogens with zero attached hydrogens (tertiary/aromatic N) is 2. The van der Waals surface area contributed by atoms with E-state index in [1.165, 1.54) is 0 Å². The van der Waals surface area contributed by atoms with Crippen molar-refractivity contribution in [1.29, 1.82) is 5.26 Å². The quantitative estimate of drug-likeness (QED) is 0.304. The van der Waals surface area contributed by atoms with Crippen molar-refractivity contribution in [2.75, 3.05) is 26.9 Å². The van der Waals surface area contributed by atoms with E-state index in [-0.39, 0.29) is 12.1 Å². The zero-order valence-corrected chi connectivity index (χ0v) is 22.2. The van der Waals surface area contributed by atoms with Gasteiger partial charge >= 0.3 is 0 Å². The maximum atomic E-state index is 13.4. The van der Waals surface area contributed by atoms with E-state index in [9.17, 15) is 14.9 Å². The Hall–Kier alpha value is -4.05. The molecule has 194 valence electrons. The van der Waals surface area contributed by atoms with Crippen LogP contribution < -0.4 is 14.2 Å². The van der Waals surface area contributed by atoms with Gasteiger partial charge in [0, 0.05) is 12.1 Å². The predicted octanol–water partition coefficient (Wildman–Crippen LogP) is 5.35. The van der Waals surface area contributed by atoms with E-state index >= 15 is 0 Å². The van der Waals surface area contributed by atoms with Crippen LogP contribution in [0.3, 0.4) is 0 Å². The Morgan fingerprint density at radius 2 is 1.76 bits per heavy atom. The van der Waals surface area contributed by atoms with E-state index in [0.717, 1.165) is 22.6 Å². The molecule has 0 spiro atoms. The number of carbonyl (C=O) groups excluding carboxylic acids is 2. The first-order chi connectivity index (χ1) is 17.8. The molecule has 7 nitrogen and oxygen atoms in total. The average Bonchev–Trinajstić information content (AvgIpc) is 2.88. The van der Waals surface area contributed by atoms with Gasteiger partial charge in [-0.1, -0.05) is 32.0 Å². The molecule has 0 saturated carbocycles. The molecule has 1 heterocycles. The lowest BCUT2D eigenvalue weighted by molar-refractivity contribution is -0.140. The predicted molar refractivity (Wildman–Crippen MR) is 142 cm³/mol. The van der Waals surface area contributed by atoms with Crippen LogP contribution in [0.5, 0.6) is 17.2 Å². The maximum absolute atomic E-state index is 13.4. The molecule has 7 heteroatoms. The van der Waals surface area contributed by atoms with Crippen molar-refractivity contribution in [2.45, 2.75) is 40.5 Å². The van der Waals surface area contributed by atoms with Gasteiger partial charge in [0.05, 0.1) is 20.3 Å². The first kappa shape index (κ1) is 27.5. The van der Waals surface area contributed by atoms with Crippen molar-refractivity contribution < 1.29 is 23.8 Å². The van der Waals surface area contributed by atoms with Crippen LogP contribution in [0.15, 0.2) is 59.2 Å². The number of carbonyl (C=O) groups is 2. The highest BCUT2D eigenvalue weighted by Crippen LogP contribution is 2.32. The van der Waals surface area contributed by atoms with Gasteiger partial charge in [0.1, 0.15) is 17.4 Å². The summed E-state index contributed by atoms with van der Waals surface area (Å²) in [7, 11) is 1.59. The van der Waals surface area contributed by atoms with E-state index in [0.29, 0.717) is 53.8 Å². The summed E-state index contributed by atoms with van der Waals surface area (Å²) in [5.74, 6) is 1.48. The Bertz CT molecular complexity index is 1240. The minimum atomic E-state index is -0.570. The Balaban J connectivity index is 1.89. The van der Waals surface area contributed by atoms with Crippen molar-refractivity contribution in [2.24, 2.45) is 5.92 Å². The normalized spacial score (nSPS) is 14.8. The first-order valence-electron chi connectivity index (χ1n) is 12.5. The highest BCUT2D eigenvalue weighted by Gasteiger charge is 2.35. The van der Waals surface area contributed by atoms with Gasteiger partial charge in [-0.25, -0.2) is 0 Å². The summed E-state index contributed by atoms with van der Waals surface area (Å²) < 4.78 is 16.9. The van der Waals surface area contributed by atoms with Crippen molar-refractivity contribution in [3.8, 4) is 23.3 Å². The molecule has 0 unspecified atom stereocenters. The van der Waals surface area contributed by atoms with Gasteiger partial charge in [-0.2, -0.15) is 5.26 Å². The number of benzene rings is 2. The fourth-order valence-corrected chi connectivity index (χ4v) is 3.94. The summed E-state index contributed by atoms with van der Waals surface area (Å²) in [6.07, 6.45) is 3.08. The zero-order valence-electron chi connectivity index (χ0n) is 22.2. The number of rotatable bonds is 11. The van der Waals surface area contributed by atoms with Gasteiger partial charge < -0.3 is 14.2 Å². The molecule has 37 heavy (non-hydrogen) atoms. The molecule has 1 aliphatic rings. The fourth-order valence-electron chi connectivity index (χ4n) is 3.94. The van der Waals surface area contributed by atoms with Crippen molar-refractivity contribution in [3.63, 3.8) is 0 Å². The number of amides is 2. The minimum absolute atomic E-state index is 0.0285. The standard InChI is InChI=1S/C30H34N2O5/c1-6-36-28-18-23(9-12-27(28)37-16-14-20(2)3)17-25-21(4)26(19-31)30(34)32(29(25)33)15-13-22-7-10-24(35-5)11-8-22/h7-12,17-18,20H,6,13-16H2,1-5H3/b25-17+. The second-order valence-electron chi connectivity index (χ2n) is 9.20. The summed E-state index contributed by atoms with van der Waals surface area (Å²) in [5.41, 5.74) is 2.31. The van der Waals surface area contributed by atoms with E-state index < -0.39 is 11.8 Å². The molecule has 0 radical (unpaired) electrons. The van der Waals surface area contributed by atoms with Crippen LogP contribution in [-0.4, -0.2) is 43.6 Å². The smallest absolute Gasteiger partial charge is 0.271 e. The number of nitriles is 1. The topological polar surface area (TPSA) is 88.9 Å². The molecule has 2 amide bonds. The Labute approximate surface area is 218 Å². The molecule has 0 aliphatic carbocycles. The van der Waals surface area contributed by atoms with Crippen molar-refractivity contribution in [3.05, 3.63) is 70.3 Å². The number of imide groups is 1. The molecular weight excluding hydrogens is 468 g/mol. The van der Waals surface area contributed by atoms with Crippen LogP contribution in [0.1, 0.15) is 45.2 Å².